The minimum Gasteiger partial charge on any atom is -0.353 e. The molecule has 1 heterocycles. The number of aliphatic imine (C=N–C) groups is 1. The third-order valence-electron chi connectivity index (χ3n) is 4.10. The van der Waals surface area contributed by atoms with Gasteiger partial charge in [-0.05, 0) is 41.5 Å². The smallest absolute Gasteiger partial charge is 0.214 e. The van der Waals surface area contributed by atoms with Gasteiger partial charge in [0.1, 0.15) is 5.71 Å². The average molecular weight is 452 g/mol. The molecule has 5 nitrogen and oxygen atoms in total. The Labute approximate surface area is 186 Å². The van der Waals surface area contributed by atoms with E-state index < -0.39 is 0 Å². The molecule has 2 aromatic carbocycles. The molecule has 0 aromatic heterocycles. The van der Waals surface area contributed by atoms with E-state index in [1.54, 1.807) is 42.4 Å². The van der Waals surface area contributed by atoms with E-state index >= 15 is 0 Å². The lowest BCUT2D eigenvalue weighted by Crippen LogP contribution is -2.34. The van der Waals surface area contributed by atoms with E-state index in [1.165, 1.54) is 6.08 Å². The topological polar surface area (TPSA) is 57.1 Å². The number of nitrogens with one attached hydrogen (secondary N) is 1. The fraction of sp³-hybridized carbons (Fsp3) is 0.190. The van der Waals surface area contributed by atoms with Gasteiger partial charge in [-0.2, -0.15) is 5.10 Å². The summed E-state index contributed by atoms with van der Waals surface area (Å²) in [7, 11) is 1.77. The van der Waals surface area contributed by atoms with Crippen LogP contribution in [0.2, 0.25) is 10.0 Å². The fourth-order valence-electron chi connectivity index (χ4n) is 2.64. The lowest BCUT2D eigenvalue weighted by atomic mass is 10.0. The summed E-state index contributed by atoms with van der Waals surface area (Å²) in [6.45, 7) is 1.47. The molecule has 1 N–H and O–H groups in total. The second-order valence-corrected chi connectivity index (χ2v) is 7.13. The molecule has 0 fully saturated rings. The monoisotopic (exact) mass is 450 g/mol. The second kappa shape index (κ2) is 11.0. The normalized spacial score (nSPS) is 13.6. The largest absolute Gasteiger partial charge is 0.353 e. The van der Waals surface area contributed by atoms with Crippen LogP contribution in [0.25, 0.3) is 6.08 Å². The van der Waals surface area contributed by atoms with Crippen LogP contribution < -0.4 is 5.32 Å². The van der Waals surface area contributed by atoms with E-state index in [0.29, 0.717) is 34.7 Å². The van der Waals surface area contributed by atoms with Crippen molar-refractivity contribution in [2.24, 2.45) is 10.1 Å². The molecule has 1 aliphatic rings. The molecule has 0 aliphatic carbocycles. The van der Waals surface area contributed by atoms with Crippen LogP contribution in [-0.2, 0) is 11.2 Å². The standard InChI is InChI=1S/C21H20Cl2N4O.ClH/c1-27(21-24-12-13-25-21)26-19(14-16-4-9-18(23)10-5-16)20(28)11-6-15-2-7-17(22)8-3-15;/h2-11H,12-14H2,1H3,(H,24,25);1H. The Bertz CT molecular complexity index is 922. The Morgan fingerprint density at radius 1 is 1.14 bits per heavy atom. The number of nitrogens with zero attached hydrogens (tertiary/aromatic N) is 3. The molecule has 0 saturated carbocycles. The van der Waals surface area contributed by atoms with E-state index in [-0.39, 0.29) is 18.2 Å². The molecular formula is C21H21Cl3N4O. The number of carbonyl (C=O) groups excluding carboxylic acids is 1. The summed E-state index contributed by atoms with van der Waals surface area (Å²) in [6.07, 6.45) is 3.66. The van der Waals surface area contributed by atoms with Crippen LogP contribution >= 0.6 is 35.6 Å². The molecule has 2 aromatic rings. The number of halogens is 3. The molecule has 0 atom stereocenters. The third-order valence-corrected chi connectivity index (χ3v) is 4.60. The predicted octanol–water partition coefficient (Wildman–Crippen LogP) is 4.49. The molecule has 0 bridgehead atoms. The number of hydrazone groups is 1. The van der Waals surface area contributed by atoms with Gasteiger partial charge in [-0.25, -0.2) is 10.0 Å². The van der Waals surface area contributed by atoms with Crippen molar-refractivity contribution in [3.63, 3.8) is 0 Å². The summed E-state index contributed by atoms with van der Waals surface area (Å²) in [5.74, 6) is 0.485. The van der Waals surface area contributed by atoms with Crippen LogP contribution in [0.15, 0.2) is 64.7 Å². The van der Waals surface area contributed by atoms with Crippen LogP contribution in [0.3, 0.4) is 0 Å². The summed E-state index contributed by atoms with van der Waals surface area (Å²) in [4.78, 5) is 17.2. The van der Waals surface area contributed by atoms with Crippen LogP contribution in [0.4, 0.5) is 0 Å². The number of allylic oxidation sites excluding steroid dienone is 1. The number of benzene rings is 2. The summed E-state index contributed by atoms with van der Waals surface area (Å²) in [6, 6.07) is 14.7. The van der Waals surface area contributed by atoms with Gasteiger partial charge in [0, 0.05) is 30.1 Å². The van der Waals surface area contributed by atoms with Crippen LogP contribution in [0, 0.1) is 0 Å². The van der Waals surface area contributed by atoms with Crippen LogP contribution in [-0.4, -0.2) is 42.6 Å². The number of rotatable bonds is 6. The number of hydrogen-bond donors (Lipinski definition) is 1. The van der Waals surface area contributed by atoms with Gasteiger partial charge in [0.15, 0.2) is 0 Å². The van der Waals surface area contributed by atoms with Gasteiger partial charge < -0.3 is 5.32 Å². The number of guanidine groups is 1. The molecule has 0 unspecified atom stereocenters. The molecule has 0 spiro atoms. The zero-order valence-electron chi connectivity index (χ0n) is 15.8. The van der Waals surface area contributed by atoms with E-state index in [4.69, 9.17) is 23.2 Å². The highest BCUT2D eigenvalue weighted by atomic mass is 35.5. The maximum Gasteiger partial charge on any atom is 0.214 e. The first-order valence-corrected chi connectivity index (χ1v) is 9.59. The highest BCUT2D eigenvalue weighted by Crippen LogP contribution is 2.13. The molecule has 0 radical (unpaired) electrons. The van der Waals surface area contributed by atoms with Gasteiger partial charge in [0.25, 0.3) is 0 Å². The van der Waals surface area contributed by atoms with Crippen molar-refractivity contribution < 1.29 is 4.79 Å². The maximum atomic E-state index is 12.8. The van der Waals surface area contributed by atoms with Crippen molar-refractivity contribution >= 4 is 59.1 Å². The van der Waals surface area contributed by atoms with Crippen LogP contribution in [0.1, 0.15) is 11.1 Å². The predicted molar refractivity (Wildman–Crippen MR) is 123 cm³/mol. The van der Waals surface area contributed by atoms with Crippen molar-refractivity contribution in [2.75, 3.05) is 20.1 Å². The Morgan fingerprint density at radius 2 is 1.76 bits per heavy atom. The Kier molecular flexibility index (Phi) is 8.70. The maximum absolute atomic E-state index is 12.8. The quantitative estimate of drug-likeness (QED) is 0.400. The zero-order valence-corrected chi connectivity index (χ0v) is 18.1. The third kappa shape index (κ3) is 6.89. The SMILES string of the molecule is CN(N=C(Cc1ccc(Cl)cc1)C(=O)C=Cc1ccc(Cl)cc1)C1=NCCN1.Cl. The lowest BCUT2D eigenvalue weighted by molar-refractivity contribution is -0.109. The number of carbonyl (C=O) groups is 1. The Morgan fingerprint density at radius 3 is 2.34 bits per heavy atom. The minimum atomic E-state index is -0.171. The first kappa shape index (κ1) is 22.9. The van der Waals surface area contributed by atoms with E-state index in [1.807, 2.05) is 24.3 Å². The highest BCUT2D eigenvalue weighted by molar-refractivity contribution is 6.45. The van der Waals surface area contributed by atoms with E-state index in [0.717, 1.165) is 17.7 Å². The summed E-state index contributed by atoms with van der Waals surface area (Å²) >= 11 is 11.9. The highest BCUT2D eigenvalue weighted by Gasteiger charge is 2.15. The van der Waals surface area contributed by atoms with Gasteiger partial charge in [-0.3, -0.25) is 4.79 Å². The molecule has 0 saturated heterocycles. The van der Waals surface area contributed by atoms with Gasteiger partial charge in [0.2, 0.25) is 11.7 Å². The Hall–Kier alpha value is -2.34. The van der Waals surface area contributed by atoms with Crippen LogP contribution in [0.5, 0.6) is 0 Å². The van der Waals surface area contributed by atoms with Crippen molar-refractivity contribution in [1.82, 2.24) is 10.3 Å². The lowest BCUT2D eigenvalue weighted by Gasteiger charge is -2.15. The molecule has 3 rings (SSSR count). The van der Waals surface area contributed by atoms with Gasteiger partial charge in [0.05, 0.1) is 6.54 Å². The molecule has 1 aliphatic heterocycles. The summed E-state index contributed by atoms with van der Waals surface area (Å²) in [5.41, 5.74) is 2.25. The summed E-state index contributed by atoms with van der Waals surface area (Å²) < 4.78 is 0. The van der Waals surface area contributed by atoms with Crippen molar-refractivity contribution in [3.8, 4) is 0 Å². The fourth-order valence-corrected chi connectivity index (χ4v) is 2.89. The minimum absolute atomic E-state index is 0. The number of ketones is 1. The number of hydrogen-bond acceptors (Lipinski definition) is 5. The molecular weight excluding hydrogens is 431 g/mol. The first-order valence-electron chi connectivity index (χ1n) is 8.83. The molecule has 29 heavy (non-hydrogen) atoms. The molecule has 152 valence electrons. The van der Waals surface area contributed by atoms with Crippen molar-refractivity contribution in [1.29, 1.82) is 0 Å². The molecule has 0 amide bonds. The van der Waals surface area contributed by atoms with Gasteiger partial charge >= 0.3 is 0 Å². The zero-order chi connectivity index (χ0) is 19.9. The van der Waals surface area contributed by atoms with Crippen molar-refractivity contribution in [2.45, 2.75) is 6.42 Å². The first-order chi connectivity index (χ1) is 13.5. The van der Waals surface area contributed by atoms with E-state index in [2.05, 4.69) is 15.4 Å². The molecule has 8 heteroatoms. The van der Waals surface area contributed by atoms with Crippen molar-refractivity contribution in [3.05, 3.63) is 75.8 Å². The summed E-state index contributed by atoms with van der Waals surface area (Å²) in [5, 5.41) is 10.6. The second-order valence-electron chi connectivity index (χ2n) is 6.25. The van der Waals surface area contributed by atoms with Gasteiger partial charge in [-0.1, -0.05) is 53.5 Å². The Balaban J connectivity index is 0.00000300. The van der Waals surface area contributed by atoms with Gasteiger partial charge in [-0.15, -0.1) is 12.4 Å². The van der Waals surface area contributed by atoms with E-state index in [9.17, 15) is 4.79 Å². The average Bonchev–Trinajstić information content (AvgIpc) is 3.23.